The van der Waals surface area contributed by atoms with Gasteiger partial charge in [0.05, 0.1) is 12.2 Å². The fraction of sp³-hybridized carbons (Fsp3) is 0.750. The Hall–Kier alpha value is -1.16. The number of rotatable bonds is 12. The van der Waals surface area contributed by atoms with Gasteiger partial charge in [-0.25, -0.2) is 0 Å². The van der Waals surface area contributed by atoms with E-state index >= 15 is 0 Å². The Bertz CT molecular complexity index is 397. The topological polar surface area (TPSA) is 123 Å². The van der Waals surface area contributed by atoms with Crippen LogP contribution in [0.25, 0.3) is 0 Å². The Morgan fingerprint density at radius 3 is 1.89 bits per heavy atom. The third-order valence-electron chi connectivity index (χ3n) is 3.75. The number of hydrogen-bond acceptors (Lipinski definition) is 4. The first-order valence-corrected chi connectivity index (χ1v) is 8.65. The van der Waals surface area contributed by atoms with Gasteiger partial charge in [-0.05, 0) is 31.1 Å². The van der Waals surface area contributed by atoms with Gasteiger partial charge in [0.1, 0.15) is 5.78 Å². The number of aliphatic hydroxyl groups is 1. The van der Waals surface area contributed by atoms with E-state index in [1.807, 2.05) is 20.8 Å². The van der Waals surface area contributed by atoms with Gasteiger partial charge in [-0.3, -0.25) is 4.79 Å². The van der Waals surface area contributed by atoms with E-state index in [1.165, 1.54) is 6.47 Å². The Morgan fingerprint density at radius 1 is 1.04 bits per heavy atom. The zero-order valence-corrected chi connectivity index (χ0v) is 18.2. The second kappa shape index (κ2) is 28.1. The summed E-state index contributed by atoms with van der Waals surface area (Å²) in [7, 11) is 0. The smallest absolute Gasteiger partial charge is 2.00 e. The number of Topliss-reactive ketones (excluding diaryl/α,β-unsaturated/α-hetero) is 1. The van der Waals surface area contributed by atoms with Crippen LogP contribution in [0.5, 0.6) is 0 Å². The molecule has 0 amide bonds. The van der Waals surface area contributed by atoms with Crippen molar-refractivity contribution in [2.45, 2.75) is 91.3 Å². The molecule has 2 atom stereocenters. The van der Waals surface area contributed by atoms with Gasteiger partial charge in [0.2, 0.25) is 0 Å². The molecule has 1 N–H and O–H groups in total. The van der Waals surface area contributed by atoms with Crippen LogP contribution < -0.4 is 0 Å². The maximum Gasteiger partial charge on any atom is 2.00 e. The molecule has 0 radical (unpaired) electrons. The van der Waals surface area contributed by atoms with Crippen LogP contribution in [-0.2, 0) is 45.4 Å². The number of aliphatic hydroxyl groups excluding tert-OH is 1. The summed E-state index contributed by atoms with van der Waals surface area (Å²) in [5, 5.41) is 9.90. The molecule has 0 saturated carbocycles. The van der Waals surface area contributed by atoms with E-state index in [1.54, 1.807) is 0 Å². The van der Waals surface area contributed by atoms with Crippen molar-refractivity contribution < 1.29 is 50.5 Å². The molecule has 160 valence electrons. The van der Waals surface area contributed by atoms with Crippen molar-refractivity contribution in [1.29, 1.82) is 0 Å². The third-order valence-corrected chi connectivity index (χ3v) is 3.75. The monoisotopic (exact) mass is 439 g/mol. The van der Waals surface area contributed by atoms with Crippen LogP contribution in [0.3, 0.4) is 0 Å². The van der Waals surface area contributed by atoms with Crippen molar-refractivity contribution >= 4 is 12.3 Å². The van der Waals surface area contributed by atoms with Gasteiger partial charge in [0, 0.05) is 12.8 Å². The van der Waals surface area contributed by atoms with Crippen LogP contribution in [-0.4, -0.2) is 29.6 Å². The largest absolute Gasteiger partial charge is 2.00 e. The van der Waals surface area contributed by atoms with Crippen LogP contribution in [0.15, 0.2) is 0 Å². The predicted octanol–water partition coefficient (Wildman–Crippen LogP) is 3.44. The maximum absolute atomic E-state index is 11.8. The first-order chi connectivity index (χ1) is 12.8. The molecule has 8 heteroatoms. The zero-order valence-electron chi connectivity index (χ0n) is 17.1. The summed E-state index contributed by atoms with van der Waals surface area (Å²) in [5.41, 5.74) is -0.270. The molecule has 0 saturated heterocycles. The maximum atomic E-state index is 11.8. The molecule has 0 rings (SSSR count). The first kappa shape index (κ1) is 37.6. The molecule has 0 aromatic rings. The van der Waals surface area contributed by atoms with Gasteiger partial charge in [-0.2, -0.15) is 0 Å². The van der Waals surface area contributed by atoms with Gasteiger partial charge in [0.15, 0.2) is 0 Å². The number of unbranched alkanes of at least 4 members (excludes halogenated alkanes) is 2. The van der Waals surface area contributed by atoms with Crippen LogP contribution in [0.4, 0.5) is 0 Å². The van der Waals surface area contributed by atoms with Crippen molar-refractivity contribution in [1.82, 2.24) is 0 Å². The Morgan fingerprint density at radius 2 is 1.50 bits per heavy atom. The summed E-state index contributed by atoms with van der Waals surface area (Å²) in [6.07, 6.45) is 5.38. The van der Waals surface area contributed by atoms with Gasteiger partial charge in [0.25, 0.3) is 0 Å². The van der Waals surface area contributed by atoms with E-state index in [4.69, 9.17) is 18.7 Å². The number of carbonyl (C=O) groups is 1. The quantitative estimate of drug-likeness (QED) is 0.217. The summed E-state index contributed by atoms with van der Waals surface area (Å²) in [5.74, 6) is 0.0693. The van der Waals surface area contributed by atoms with Crippen molar-refractivity contribution in [2.75, 3.05) is 0 Å². The molecule has 0 fully saturated rings. The van der Waals surface area contributed by atoms with Crippen molar-refractivity contribution in [2.24, 2.45) is 5.41 Å². The molecule has 0 aromatic carbocycles. The average Bonchev–Trinajstić information content (AvgIpc) is 2.66. The molecule has 0 bridgehead atoms. The Balaban J connectivity index is -0.000000228. The molecule has 7 nitrogen and oxygen atoms in total. The molecule has 0 aromatic heterocycles. The van der Waals surface area contributed by atoms with Crippen LogP contribution in [0.1, 0.15) is 79.1 Å². The SMILES string of the molecule is CCCCC[C@H](CCCC(=O)C[C@@H](O)C(C)(C)C)O[C-]=O.[C-]#[O+].[C-]#[O+].[C-]#[O+].[Fe+2]. The van der Waals surface area contributed by atoms with E-state index in [-0.39, 0.29) is 40.8 Å². The fourth-order valence-electron chi connectivity index (χ4n) is 2.10. The minimum atomic E-state index is -0.607. The number of ketones is 1. The van der Waals surface area contributed by atoms with E-state index in [0.29, 0.717) is 19.3 Å². The molecule has 28 heavy (non-hydrogen) atoms. The summed E-state index contributed by atoms with van der Waals surface area (Å²) < 4.78 is 27.4. The molecule has 0 aliphatic carbocycles. The van der Waals surface area contributed by atoms with Crippen molar-refractivity contribution in [3.8, 4) is 0 Å². The second-order valence-electron chi connectivity index (χ2n) is 6.84. The molecule has 0 aliphatic rings. The third kappa shape index (κ3) is 27.1. The molecule has 0 heterocycles. The molecular formula is C20H31FeO7+. The van der Waals surface area contributed by atoms with Crippen molar-refractivity contribution in [3.63, 3.8) is 0 Å². The van der Waals surface area contributed by atoms with Crippen LogP contribution in [0.2, 0.25) is 0 Å². The summed E-state index contributed by atoms with van der Waals surface area (Å²) >= 11 is 0. The second-order valence-corrected chi connectivity index (χ2v) is 6.84. The van der Waals surface area contributed by atoms with E-state index in [9.17, 15) is 14.7 Å². The van der Waals surface area contributed by atoms with Gasteiger partial charge in [-0.1, -0.05) is 47.0 Å². The normalized spacial score (nSPS) is 11.1. The Kier molecular flexibility index (Phi) is 37.6. The number of hydrogen-bond donors (Lipinski definition) is 1. The average molecular weight is 439 g/mol. The van der Waals surface area contributed by atoms with Crippen LogP contribution in [0, 0.1) is 25.4 Å². The van der Waals surface area contributed by atoms with E-state index < -0.39 is 6.10 Å². The Labute approximate surface area is 179 Å². The standard InChI is InChI=1S/C17H31O4.3CO.Fe/c1-5-6-7-10-15(21-13-18)11-8-9-14(19)12-16(20)17(2,3)4;3*1-2;/h15-16,20H,5-12H2,1-4H3;;;;/q-1;;;;+2/t15-,16-;;;;/m1..../s1. The summed E-state index contributed by atoms with van der Waals surface area (Å²) in [4.78, 5) is 22.2. The summed E-state index contributed by atoms with van der Waals surface area (Å²) in [6.45, 7) is 22.9. The van der Waals surface area contributed by atoms with Gasteiger partial charge < -0.3 is 14.6 Å². The van der Waals surface area contributed by atoms with Gasteiger partial charge >= 0.3 is 51.0 Å². The molecular weight excluding hydrogens is 408 g/mol. The van der Waals surface area contributed by atoms with E-state index in [0.717, 1.165) is 25.7 Å². The molecule has 0 unspecified atom stereocenters. The fourth-order valence-corrected chi connectivity index (χ4v) is 2.10. The number of ether oxygens (including phenoxy) is 1. The van der Waals surface area contributed by atoms with E-state index in [2.05, 4.69) is 26.9 Å². The zero-order chi connectivity index (χ0) is 22.3. The molecule has 0 spiro atoms. The van der Waals surface area contributed by atoms with Crippen molar-refractivity contribution in [3.05, 3.63) is 20.0 Å². The number of carbonyl (C=O) groups excluding carboxylic acids is 2. The minimum absolute atomic E-state index is 0. The van der Waals surface area contributed by atoms with Gasteiger partial charge in [-0.15, -0.1) is 0 Å². The summed E-state index contributed by atoms with van der Waals surface area (Å²) in [6, 6.07) is 0. The molecule has 0 aliphatic heterocycles. The first-order valence-electron chi connectivity index (χ1n) is 8.65. The minimum Gasteiger partial charge on any atom is 2.00 e. The van der Waals surface area contributed by atoms with Crippen LogP contribution >= 0.6 is 0 Å². The predicted molar refractivity (Wildman–Crippen MR) is 95.4 cm³/mol.